The maximum absolute atomic E-state index is 13.2. The van der Waals surface area contributed by atoms with Crippen molar-refractivity contribution >= 4 is 11.7 Å². The number of rotatable bonds is 5. The Kier molecular flexibility index (Phi) is 6.04. The maximum Gasteiger partial charge on any atom is 0.222 e. The molecule has 2 saturated carbocycles. The molecule has 3 fully saturated rings. The van der Waals surface area contributed by atoms with E-state index in [4.69, 9.17) is 9.47 Å². The first-order chi connectivity index (χ1) is 15.5. The Morgan fingerprint density at radius 3 is 2.84 bits per heavy atom. The monoisotopic (exact) mass is 439 g/mol. The van der Waals surface area contributed by atoms with Crippen LogP contribution < -0.4 is 4.74 Å². The second kappa shape index (κ2) is 8.81. The number of methoxy groups -OCH3 is 1. The number of fused-ring (bicyclic) bond motifs is 5. The van der Waals surface area contributed by atoms with Gasteiger partial charge in [0.05, 0.1) is 20.3 Å². The first-order valence-electron chi connectivity index (χ1n) is 12.6. The van der Waals surface area contributed by atoms with Crippen LogP contribution in [0.2, 0.25) is 0 Å². The zero-order chi connectivity index (χ0) is 22.3. The zero-order valence-electron chi connectivity index (χ0n) is 19.6. The molecule has 32 heavy (non-hydrogen) atoms. The summed E-state index contributed by atoms with van der Waals surface area (Å²) in [5.74, 6) is 3.71. The molecule has 5 heteroatoms. The normalized spacial score (nSPS) is 33.9. The van der Waals surface area contributed by atoms with Crippen molar-refractivity contribution in [1.82, 2.24) is 4.90 Å². The summed E-state index contributed by atoms with van der Waals surface area (Å²) in [6.45, 7) is 4.99. The van der Waals surface area contributed by atoms with Crippen LogP contribution in [-0.4, -0.2) is 50.0 Å². The van der Waals surface area contributed by atoms with Crippen molar-refractivity contribution in [2.45, 2.75) is 64.2 Å². The Balaban J connectivity index is 1.29. The third-order valence-electron chi connectivity index (χ3n) is 9.11. The van der Waals surface area contributed by atoms with Crippen molar-refractivity contribution in [3.63, 3.8) is 0 Å². The summed E-state index contributed by atoms with van der Waals surface area (Å²) in [4.78, 5) is 27.7. The summed E-state index contributed by atoms with van der Waals surface area (Å²) in [5, 5.41) is 0. The van der Waals surface area contributed by atoms with E-state index in [1.165, 1.54) is 17.5 Å². The van der Waals surface area contributed by atoms with E-state index in [2.05, 4.69) is 25.1 Å². The summed E-state index contributed by atoms with van der Waals surface area (Å²) in [5.41, 5.74) is 2.76. The van der Waals surface area contributed by atoms with Crippen LogP contribution in [0.5, 0.6) is 5.75 Å². The molecule has 174 valence electrons. The standard InChI is InChI=1S/C27H37NO4/c1-27-11-10-22-21-9-7-20(31-2)16-18(21)6-8-23(22)26(27)19(17-24(27)29)4-3-5-25(30)28-12-14-32-15-13-28/h7,9,16,19,22-23,26H,3-6,8,10-15,17H2,1-2H3/t19?,22-,23-,26+,27-/m1/s1. The minimum absolute atomic E-state index is 0.163. The fourth-order valence-electron chi connectivity index (χ4n) is 7.50. The van der Waals surface area contributed by atoms with Crippen molar-refractivity contribution in [2.75, 3.05) is 33.4 Å². The van der Waals surface area contributed by atoms with Gasteiger partial charge < -0.3 is 14.4 Å². The molecule has 5 atom stereocenters. The molecule has 0 aromatic heterocycles. The number of nitrogens with zero attached hydrogens (tertiary/aromatic N) is 1. The molecule has 4 aliphatic rings. The van der Waals surface area contributed by atoms with E-state index in [1.54, 1.807) is 7.11 Å². The van der Waals surface area contributed by atoms with Gasteiger partial charge in [-0.05, 0) is 85.5 Å². The number of carbonyl (C=O) groups is 2. The number of morpholine rings is 1. The van der Waals surface area contributed by atoms with Gasteiger partial charge >= 0.3 is 0 Å². The Labute approximate surface area is 191 Å². The van der Waals surface area contributed by atoms with Crippen LogP contribution in [0.4, 0.5) is 0 Å². The lowest BCUT2D eigenvalue weighted by Gasteiger charge is -2.50. The number of hydrogen-bond acceptors (Lipinski definition) is 4. The van der Waals surface area contributed by atoms with Gasteiger partial charge in [0.2, 0.25) is 5.91 Å². The van der Waals surface area contributed by atoms with Crippen LogP contribution in [0.3, 0.4) is 0 Å². The fraction of sp³-hybridized carbons (Fsp3) is 0.704. The lowest BCUT2D eigenvalue weighted by molar-refractivity contribution is -0.135. The minimum Gasteiger partial charge on any atom is -0.497 e. The van der Waals surface area contributed by atoms with Gasteiger partial charge in [0, 0.05) is 31.3 Å². The SMILES string of the molecule is COc1ccc2c(c1)CC[C@@H]1[C@@H]2CC[C@]2(C)C(=O)CC(CCCC(=O)N3CCOCC3)[C@@H]12. The van der Waals surface area contributed by atoms with Crippen molar-refractivity contribution in [1.29, 1.82) is 0 Å². The summed E-state index contributed by atoms with van der Waals surface area (Å²) in [7, 11) is 1.73. The number of aryl methyl sites for hydroxylation is 1. The van der Waals surface area contributed by atoms with Gasteiger partial charge in [0.25, 0.3) is 0 Å². The van der Waals surface area contributed by atoms with Crippen molar-refractivity contribution < 1.29 is 19.1 Å². The van der Waals surface area contributed by atoms with Gasteiger partial charge in [-0.2, -0.15) is 0 Å². The van der Waals surface area contributed by atoms with Crippen LogP contribution in [-0.2, 0) is 20.7 Å². The zero-order valence-corrected chi connectivity index (χ0v) is 19.6. The lowest BCUT2D eigenvalue weighted by Crippen LogP contribution is -2.44. The number of benzene rings is 1. The number of hydrogen-bond donors (Lipinski definition) is 0. The average molecular weight is 440 g/mol. The molecule has 1 aliphatic heterocycles. The molecule has 1 heterocycles. The molecule has 5 rings (SSSR count). The quantitative estimate of drug-likeness (QED) is 0.683. The van der Waals surface area contributed by atoms with Crippen molar-refractivity contribution in [2.24, 2.45) is 23.2 Å². The number of ketones is 1. The highest BCUT2D eigenvalue weighted by Crippen LogP contribution is 2.62. The smallest absolute Gasteiger partial charge is 0.222 e. The predicted octanol–water partition coefficient (Wildman–Crippen LogP) is 4.38. The lowest BCUT2D eigenvalue weighted by atomic mass is 9.54. The van der Waals surface area contributed by atoms with Gasteiger partial charge in [-0.3, -0.25) is 9.59 Å². The van der Waals surface area contributed by atoms with Gasteiger partial charge in [0.1, 0.15) is 11.5 Å². The Hall–Kier alpha value is -1.88. The van der Waals surface area contributed by atoms with Crippen LogP contribution in [0.25, 0.3) is 0 Å². The number of Topliss-reactive ketones (excluding diaryl/α,β-unsaturated/α-hetero) is 1. The van der Waals surface area contributed by atoms with E-state index in [0.29, 0.717) is 55.5 Å². The molecular weight excluding hydrogens is 402 g/mol. The predicted molar refractivity (Wildman–Crippen MR) is 123 cm³/mol. The number of carbonyl (C=O) groups excluding carboxylic acids is 2. The van der Waals surface area contributed by atoms with E-state index in [1.807, 2.05) is 4.90 Å². The molecule has 5 nitrogen and oxygen atoms in total. The minimum atomic E-state index is -0.163. The summed E-state index contributed by atoms with van der Waals surface area (Å²) >= 11 is 0. The summed E-state index contributed by atoms with van der Waals surface area (Å²) < 4.78 is 10.8. The summed E-state index contributed by atoms with van der Waals surface area (Å²) in [6, 6.07) is 6.60. The van der Waals surface area contributed by atoms with Crippen LogP contribution in [0.1, 0.15) is 68.9 Å². The fourth-order valence-corrected chi connectivity index (χ4v) is 7.50. The van der Waals surface area contributed by atoms with E-state index in [-0.39, 0.29) is 11.3 Å². The second-order valence-electron chi connectivity index (χ2n) is 10.6. The van der Waals surface area contributed by atoms with Gasteiger partial charge in [-0.15, -0.1) is 0 Å². The van der Waals surface area contributed by atoms with E-state index >= 15 is 0 Å². The molecule has 0 radical (unpaired) electrons. The van der Waals surface area contributed by atoms with Gasteiger partial charge in [0.15, 0.2) is 0 Å². The molecule has 0 bridgehead atoms. The third-order valence-corrected chi connectivity index (χ3v) is 9.11. The Morgan fingerprint density at radius 1 is 1.25 bits per heavy atom. The van der Waals surface area contributed by atoms with Crippen molar-refractivity contribution in [3.8, 4) is 5.75 Å². The average Bonchev–Trinajstić information content (AvgIpc) is 3.08. The Morgan fingerprint density at radius 2 is 2.06 bits per heavy atom. The van der Waals surface area contributed by atoms with Crippen molar-refractivity contribution in [3.05, 3.63) is 29.3 Å². The van der Waals surface area contributed by atoms with Crippen LogP contribution in [0.15, 0.2) is 18.2 Å². The molecule has 0 spiro atoms. The number of ether oxygens (including phenoxy) is 2. The van der Waals surface area contributed by atoms with Gasteiger partial charge in [-0.25, -0.2) is 0 Å². The molecule has 1 amide bonds. The van der Waals surface area contributed by atoms with Crippen LogP contribution in [0, 0.1) is 23.2 Å². The molecule has 0 N–H and O–H groups in total. The summed E-state index contributed by atoms with van der Waals surface area (Å²) in [6.07, 6.45) is 7.58. The topological polar surface area (TPSA) is 55.8 Å². The first-order valence-corrected chi connectivity index (χ1v) is 12.6. The highest BCUT2D eigenvalue weighted by atomic mass is 16.5. The molecular formula is C27H37NO4. The second-order valence-corrected chi connectivity index (χ2v) is 10.6. The molecule has 1 aromatic carbocycles. The third kappa shape index (κ3) is 3.76. The van der Waals surface area contributed by atoms with E-state index in [9.17, 15) is 9.59 Å². The molecule has 1 unspecified atom stereocenters. The number of amides is 1. The molecule has 3 aliphatic carbocycles. The van der Waals surface area contributed by atoms with E-state index in [0.717, 1.165) is 50.9 Å². The van der Waals surface area contributed by atoms with E-state index < -0.39 is 0 Å². The molecule has 1 aromatic rings. The van der Waals surface area contributed by atoms with Gasteiger partial charge in [-0.1, -0.05) is 13.0 Å². The highest BCUT2D eigenvalue weighted by molar-refractivity contribution is 5.87. The largest absolute Gasteiger partial charge is 0.497 e. The molecule has 1 saturated heterocycles. The maximum atomic E-state index is 13.2. The first kappa shape index (κ1) is 21.9. The highest BCUT2D eigenvalue weighted by Gasteiger charge is 2.58. The van der Waals surface area contributed by atoms with Crippen LogP contribution >= 0.6 is 0 Å². The Bertz CT molecular complexity index is 876.